The number of hydrogen-bond acceptors (Lipinski definition) is 6. The van der Waals surface area contributed by atoms with Crippen molar-refractivity contribution in [3.8, 4) is 0 Å². The van der Waals surface area contributed by atoms with Crippen LogP contribution in [0.3, 0.4) is 0 Å². The Morgan fingerprint density at radius 3 is 2.57 bits per heavy atom. The molecular weight excluding hydrogens is 378 g/mol. The third-order valence-corrected chi connectivity index (χ3v) is 4.99. The number of para-hydroxylation sites is 2. The Balaban J connectivity index is 1.65. The third-order valence-electron chi connectivity index (χ3n) is 4.02. The molecule has 0 aliphatic carbocycles. The summed E-state index contributed by atoms with van der Waals surface area (Å²) in [6.45, 7) is 2.68. The molecule has 0 radical (unpaired) electrons. The largest absolute Gasteiger partial charge is 0.320 e. The van der Waals surface area contributed by atoms with Gasteiger partial charge in [-0.1, -0.05) is 54.2 Å². The normalized spacial score (nSPS) is 10.6. The topological polar surface area (TPSA) is 103 Å². The van der Waals surface area contributed by atoms with E-state index in [0.717, 1.165) is 11.4 Å². The Hall–Kier alpha value is -3.20. The highest BCUT2D eigenvalue weighted by Crippen LogP contribution is 2.24. The first kappa shape index (κ1) is 19.6. The van der Waals surface area contributed by atoms with Gasteiger partial charge in [-0.15, -0.1) is 10.2 Å². The molecular formula is C19H19N5O3S. The summed E-state index contributed by atoms with van der Waals surface area (Å²) in [6, 6.07) is 16.0. The van der Waals surface area contributed by atoms with Gasteiger partial charge in [-0.05, 0) is 18.6 Å². The number of nitro groups is 1. The highest BCUT2D eigenvalue weighted by molar-refractivity contribution is 7.99. The van der Waals surface area contributed by atoms with Crippen LogP contribution in [0.25, 0.3) is 0 Å². The maximum atomic E-state index is 12.2. The van der Waals surface area contributed by atoms with Gasteiger partial charge in [-0.3, -0.25) is 14.9 Å². The number of rotatable bonds is 8. The van der Waals surface area contributed by atoms with Crippen LogP contribution in [-0.4, -0.2) is 31.3 Å². The van der Waals surface area contributed by atoms with Crippen LogP contribution in [-0.2, 0) is 17.8 Å². The quantitative estimate of drug-likeness (QED) is 0.354. The van der Waals surface area contributed by atoms with Crippen LogP contribution in [0.2, 0.25) is 0 Å². The molecule has 8 nitrogen and oxygen atoms in total. The molecule has 0 aliphatic rings. The molecule has 28 heavy (non-hydrogen) atoms. The minimum absolute atomic E-state index is 0.0789. The van der Waals surface area contributed by atoms with Crippen LogP contribution in [0.15, 0.2) is 59.8 Å². The van der Waals surface area contributed by atoms with Gasteiger partial charge in [0.1, 0.15) is 11.5 Å². The predicted molar refractivity (Wildman–Crippen MR) is 107 cm³/mol. The van der Waals surface area contributed by atoms with Crippen molar-refractivity contribution in [2.75, 3.05) is 11.1 Å². The summed E-state index contributed by atoms with van der Waals surface area (Å²) in [4.78, 5) is 22.8. The van der Waals surface area contributed by atoms with Crippen molar-refractivity contribution in [3.63, 3.8) is 0 Å². The number of aromatic nitrogens is 3. The summed E-state index contributed by atoms with van der Waals surface area (Å²) in [5, 5.41) is 22.7. The van der Waals surface area contributed by atoms with Crippen LogP contribution in [0.5, 0.6) is 0 Å². The number of benzene rings is 2. The molecule has 0 fully saturated rings. The van der Waals surface area contributed by atoms with Crippen LogP contribution >= 0.6 is 11.8 Å². The van der Waals surface area contributed by atoms with Gasteiger partial charge in [0.05, 0.1) is 10.7 Å². The molecule has 1 amide bonds. The van der Waals surface area contributed by atoms with E-state index in [-0.39, 0.29) is 23.0 Å². The Morgan fingerprint density at radius 2 is 1.86 bits per heavy atom. The SMILES string of the molecule is CCn1c(Cc2ccccc2)nnc1SCC(=O)Nc1ccccc1[N+](=O)[O-]. The molecule has 0 saturated carbocycles. The van der Waals surface area contributed by atoms with Gasteiger partial charge in [0.25, 0.3) is 5.69 Å². The Labute approximate surface area is 166 Å². The minimum atomic E-state index is -0.522. The number of carbonyl (C=O) groups is 1. The molecule has 0 unspecified atom stereocenters. The second kappa shape index (κ2) is 9.14. The van der Waals surface area contributed by atoms with Crippen LogP contribution < -0.4 is 5.32 Å². The number of nitro benzene ring substituents is 1. The highest BCUT2D eigenvalue weighted by Gasteiger charge is 2.17. The lowest BCUT2D eigenvalue weighted by molar-refractivity contribution is -0.383. The van der Waals surface area contributed by atoms with Crippen LogP contribution in [0.4, 0.5) is 11.4 Å². The molecule has 3 aromatic rings. The fraction of sp³-hybridized carbons (Fsp3) is 0.211. The van der Waals surface area contributed by atoms with E-state index >= 15 is 0 Å². The molecule has 144 valence electrons. The molecule has 3 rings (SSSR count). The van der Waals surface area contributed by atoms with E-state index in [1.54, 1.807) is 12.1 Å². The van der Waals surface area contributed by atoms with Gasteiger partial charge in [-0.25, -0.2) is 0 Å². The first-order chi connectivity index (χ1) is 13.6. The minimum Gasteiger partial charge on any atom is -0.320 e. The summed E-state index contributed by atoms with van der Waals surface area (Å²) < 4.78 is 1.97. The zero-order valence-electron chi connectivity index (χ0n) is 15.2. The summed E-state index contributed by atoms with van der Waals surface area (Å²) in [6.07, 6.45) is 0.657. The zero-order chi connectivity index (χ0) is 19.9. The average Bonchev–Trinajstić information content (AvgIpc) is 3.09. The van der Waals surface area contributed by atoms with E-state index < -0.39 is 4.92 Å². The van der Waals surface area contributed by atoms with Crippen molar-refractivity contribution >= 4 is 29.0 Å². The molecule has 1 aromatic heterocycles. The molecule has 1 N–H and O–H groups in total. The Morgan fingerprint density at radius 1 is 1.14 bits per heavy atom. The first-order valence-corrected chi connectivity index (χ1v) is 9.69. The highest BCUT2D eigenvalue weighted by atomic mass is 32.2. The number of amides is 1. The second-order valence-corrected chi connectivity index (χ2v) is 6.86. The zero-order valence-corrected chi connectivity index (χ0v) is 16.1. The molecule has 1 heterocycles. The lowest BCUT2D eigenvalue weighted by atomic mass is 10.1. The summed E-state index contributed by atoms with van der Waals surface area (Å²) in [5.41, 5.74) is 1.18. The fourth-order valence-corrected chi connectivity index (χ4v) is 3.53. The summed E-state index contributed by atoms with van der Waals surface area (Å²) in [5.74, 6) is 0.570. The van der Waals surface area contributed by atoms with Crippen molar-refractivity contribution in [2.24, 2.45) is 0 Å². The lowest BCUT2D eigenvalue weighted by Gasteiger charge is -2.08. The smallest absolute Gasteiger partial charge is 0.292 e. The number of hydrogen-bond donors (Lipinski definition) is 1. The van der Waals surface area contributed by atoms with Crippen molar-refractivity contribution in [3.05, 3.63) is 76.1 Å². The van der Waals surface area contributed by atoms with Crippen LogP contribution in [0.1, 0.15) is 18.3 Å². The van der Waals surface area contributed by atoms with E-state index in [2.05, 4.69) is 15.5 Å². The molecule has 0 saturated heterocycles. The molecule has 0 aliphatic heterocycles. The molecule has 9 heteroatoms. The average molecular weight is 397 g/mol. The van der Waals surface area contributed by atoms with Crippen LogP contribution in [0, 0.1) is 10.1 Å². The number of carbonyl (C=O) groups excluding carboxylic acids is 1. The Bertz CT molecular complexity index is 975. The second-order valence-electron chi connectivity index (χ2n) is 5.92. The standard InChI is InChI=1S/C19H19N5O3S/c1-2-23-17(12-14-8-4-3-5-9-14)21-22-19(23)28-13-18(25)20-15-10-6-7-11-16(15)24(26)27/h3-11H,2,12-13H2,1H3,(H,20,25). The van der Waals surface area contributed by atoms with Gasteiger partial charge in [0.2, 0.25) is 5.91 Å². The molecule has 0 bridgehead atoms. The van der Waals surface area contributed by atoms with Crippen molar-refractivity contribution in [2.45, 2.75) is 25.0 Å². The fourth-order valence-electron chi connectivity index (χ4n) is 2.71. The maximum Gasteiger partial charge on any atom is 0.292 e. The van der Waals surface area contributed by atoms with Gasteiger partial charge in [-0.2, -0.15) is 0 Å². The number of anilines is 1. The van der Waals surface area contributed by atoms with Gasteiger partial charge >= 0.3 is 0 Å². The van der Waals surface area contributed by atoms with Gasteiger partial charge < -0.3 is 9.88 Å². The van der Waals surface area contributed by atoms with Gasteiger partial charge in [0, 0.05) is 19.0 Å². The lowest BCUT2D eigenvalue weighted by Crippen LogP contribution is -2.15. The van der Waals surface area contributed by atoms with E-state index in [9.17, 15) is 14.9 Å². The maximum absolute atomic E-state index is 12.2. The van der Waals surface area contributed by atoms with E-state index in [4.69, 9.17) is 0 Å². The molecule has 0 atom stereocenters. The molecule has 0 spiro atoms. The number of nitrogens with zero attached hydrogens (tertiary/aromatic N) is 4. The van der Waals surface area contributed by atoms with Crippen molar-refractivity contribution < 1.29 is 9.72 Å². The Kier molecular flexibility index (Phi) is 6.38. The van der Waals surface area contributed by atoms with Gasteiger partial charge in [0.15, 0.2) is 5.16 Å². The van der Waals surface area contributed by atoms with Crippen molar-refractivity contribution in [1.29, 1.82) is 0 Å². The summed E-state index contributed by atoms with van der Waals surface area (Å²) in [7, 11) is 0. The van der Waals surface area contributed by atoms with Crippen molar-refractivity contribution in [1.82, 2.24) is 14.8 Å². The number of nitrogens with one attached hydrogen (secondary N) is 1. The third kappa shape index (κ3) is 4.74. The molecule has 2 aromatic carbocycles. The summed E-state index contributed by atoms with van der Waals surface area (Å²) >= 11 is 1.25. The monoisotopic (exact) mass is 397 g/mol. The van der Waals surface area contributed by atoms with E-state index in [0.29, 0.717) is 18.1 Å². The van der Waals surface area contributed by atoms with E-state index in [1.165, 1.54) is 23.9 Å². The predicted octanol–water partition coefficient (Wildman–Crippen LogP) is 3.53. The first-order valence-electron chi connectivity index (χ1n) is 8.70. The van der Waals surface area contributed by atoms with E-state index in [1.807, 2.05) is 41.8 Å². The number of thioether (sulfide) groups is 1.